The van der Waals surface area contributed by atoms with Crippen molar-refractivity contribution in [2.75, 3.05) is 26.6 Å². The summed E-state index contributed by atoms with van der Waals surface area (Å²) in [6, 6.07) is 8.16. The number of hydrogen-bond donors (Lipinski definition) is 2. The summed E-state index contributed by atoms with van der Waals surface area (Å²) in [4.78, 5) is 11.1. The van der Waals surface area contributed by atoms with Crippen molar-refractivity contribution in [2.45, 2.75) is 6.54 Å². The van der Waals surface area contributed by atoms with E-state index in [0.717, 1.165) is 5.56 Å². The van der Waals surface area contributed by atoms with Gasteiger partial charge < -0.3 is 24.6 Å². The monoisotopic (exact) mass is 351 g/mol. The van der Waals surface area contributed by atoms with Crippen molar-refractivity contribution < 1.29 is 24.1 Å². The highest BCUT2D eigenvalue weighted by Gasteiger charge is 2.12. The Morgan fingerprint density at radius 2 is 1.79 bits per heavy atom. The van der Waals surface area contributed by atoms with Crippen molar-refractivity contribution in [3.05, 3.63) is 46.5 Å². The second kappa shape index (κ2) is 7.79. The molecule has 0 radical (unpaired) electrons. The van der Waals surface area contributed by atoms with E-state index >= 15 is 0 Å². The second-order valence-corrected chi connectivity index (χ2v) is 5.29. The molecule has 0 saturated heterocycles. The van der Waals surface area contributed by atoms with Crippen LogP contribution in [0.15, 0.2) is 30.3 Å². The predicted octanol–water partition coefficient (Wildman–Crippen LogP) is 3.68. The number of rotatable bonds is 7. The molecule has 0 unspecified atom stereocenters. The minimum atomic E-state index is -1.00. The number of carboxylic acid groups (broad SMARTS) is 1. The Kier molecular flexibility index (Phi) is 5.76. The van der Waals surface area contributed by atoms with Crippen molar-refractivity contribution in [3.63, 3.8) is 0 Å². The summed E-state index contributed by atoms with van der Waals surface area (Å²) in [7, 11) is 4.57. The van der Waals surface area contributed by atoms with E-state index in [1.54, 1.807) is 18.2 Å². The number of hydrogen-bond acceptors (Lipinski definition) is 5. The molecule has 2 aromatic carbocycles. The molecule has 2 N–H and O–H groups in total. The second-order valence-electron chi connectivity index (χ2n) is 4.89. The average Bonchev–Trinajstić information content (AvgIpc) is 2.58. The normalized spacial score (nSPS) is 10.2. The van der Waals surface area contributed by atoms with Gasteiger partial charge in [-0.3, -0.25) is 0 Å². The molecule has 0 bridgehead atoms. The molecule has 0 heterocycles. The zero-order valence-corrected chi connectivity index (χ0v) is 14.3. The first kappa shape index (κ1) is 17.7. The molecule has 6 nitrogen and oxygen atoms in total. The number of carbonyl (C=O) groups is 1. The van der Waals surface area contributed by atoms with E-state index in [2.05, 4.69) is 5.32 Å². The Labute approximate surface area is 144 Å². The maximum atomic E-state index is 11.1. The fourth-order valence-corrected chi connectivity index (χ4v) is 2.56. The number of nitrogens with one attached hydrogen (secondary N) is 1. The van der Waals surface area contributed by atoms with E-state index in [9.17, 15) is 4.79 Å². The molecule has 0 fully saturated rings. The van der Waals surface area contributed by atoms with Crippen LogP contribution in [-0.4, -0.2) is 32.4 Å². The Bertz CT molecular complexity index is 748. The van der Waals surface area contributed by atoms with E-state index in [0.29, 0.717) is 34.5 Å². The van der Waals surface area contributed by atoms with Crippen LogP contribution in [0.25, 0.3) is 0 Å². The van der Waals surface area contributed by atoms with Gasteiger partial charge in [-0.25, -0.2) is 4.79 Å². The third-order valence-corrected chi connectivity index (χ3v) is 3.70. The average molecular weight is 352 g/mol. The molecule has 0 aliphatic carbocycles. The minimum Gasteiger partial charge on any atom is -0.495 e. The highest BCUT2D eigenvalue weighted by molar-refractivity contribution is 6.32. The van der Waals surface area contributed by atoms with Gasteiger partial charge >= 0.3 is 5.97 Å². The van der Waals surface area contributed by atoms with E-state index in [1.807, 2.05) is 0 Å². The topological polar surface area (TPSA) is 77.0 Å². The molecule has 0 aromatic heterocycles. The summed E-state index contributed by atoms with van der Waals surface area (Å²) >= 11 is 6.19. The quantitative estimate of drug-likeness (QED) is 0.792. The van der Waals surface area contributed by atoms with Gasteiger partial charge in [0.05, 0.1) is 37.6 Å². The molecule has 0 aliphatic rings. The number of halogens is 1. The Morgan fingerprint density at radius 3 is 2.38 bits per heavy atom. The third-order valence-electron chi connectivity index (χ3n) is 3.42. The fraction of sp³-hybridized carbons (Fsp3) is 0.235. The van der Waals surface area contributed by atoms with Gasteiger partial charge in [0.1, 0.15) is 5.75 Å². The van der Waals surface area contributed by atoms with Gasteiger partial charge in [-0.05, 0) is 35.9 Å². The molecule has 24 heavy (non-hydrogen) atoms. The zero-order chi connectivity index (χ0) is 17.7. The maximum Gasteiger partial charge on any atom is 0.335 e. The van der Waals surface area contributed by atoms with Gasteiger partial charge in [-0.2, -0.15) is 0 Å². The number of carboxylic acids is 1. The van der Waals surface area contributed by atoms with Crippen LogP contribution in [0.5, 0.6) is 17.2 Å². The first-order chi connectivity index (χ1) is 11.5. The Balaban J connectivity index is 2.26. The van der Waals surface area contributed by atoms with Crippen molar-refractivity contribution in [3.8, 4) is 17.2 Å². The van der Waals surface area contributed by atoms with Gasteiger partial charge in [0.2, 0.25) is 0 Å². The van der Waals surface area contributed by atoms with Gasteiger partial charge in [0.15, 0.2) is 11.5 Å². The predicted molar refractivity (Wildman–Crippen MR) is 91.8 cm³/mol. The fourth-order valence-electron chi connectivity index (χ4n) is 2.25. The number of benzene rings is 2. The first-order valence-electron chi connectivity index (χ1n) is 7.05. The third kappa shape index (κ3) is 3.83. The van der Waals surface area contributed by atoms with Crippen LogP contribution in [0.1, 0.15) is 15.9 Å². The molecule has 0 atom stereocenters. The van der Waals surface area contributed by atoms with Crippen molar-refractivity contribution in [1.82, 2.24) is 0 Å². The molecule has 0 saturated carbocycles. The Morgan fingerprint density at radius 1 is 1.08 bits per heavy atom. The zero-order valence-electron chi connectivity index (χ0n) is 13.6. The lowest BCUT2D eigenvalue weighted by Crippen LogP contribution is -2.05. The summed E-state index contributed by atoms with van der Waals surface area (Å²) in [5.41, 5.74) is 1.59. The van der Waals surface area contributed by atoms with E-state index < -0.39 is 5.97 Å². The smallest absolute Gasteiger partial charge is 0.335 e. The highest BCUT2D eigenvalue weighted by Crippen LogP contribution is 2.36. The van der Waals surface area contributed by atoms with E-state index in [-0.39, 0.29) is 5.56 Å². The van der Waals surface area contributed by atoms with Crippen LogP contribution < -0.4 is 19.5 Å². The van der Waals surface area contributed by atoms with Gasteiger partial charge in [0, 0.05) is 6.54 Å². The summed E-state index contributed by atoms with van der Waals surface area (Å²) in [5, 5.41) is 12.7. The molecule has 7 heteroatoms. The standard InChI is InChI=1S/C17H18ClNO5/c1-22-14-5-4-11(17(20)21)8-13(14)19-9-10-6-12(18)16(24-3)15(7-10)23-2/h4-8,19H,9H2,1-3H3,(H,20,21). The Hall–Kier alpha value is -2.60. The lowest BCUT2D eigenvalue weighted by molar-refractivity contribution is 0.0697. The van der Waals surface area contributed by atoms with Crippen LogP contribution >= 0.6 is 11.6 Å². The lowest BCUT2D eigenvalue weighted by atomic mass is 10.1. The SMILES string of the molecule is COc1ccc(C(=O)O)cc1NCc1cc(Cl)c(OC)c(OC)c1. The highest BCUT2D eigenvalue weighted by atomic mass is 35.5. The number of anilines is 1. The molecular weight excluding hydrogens is 334 g/mol. The molecule has 128 valence electrons. The van der Waals surface area contributed by atoms with Crippen molar-refractivity contribution in [1.29, 1.82) is 0 Å². The van der Waals surface area contributed by atoms with Gasteiger partial charge in [0.25, 0.3) is 0 Å². The summed E-state index contributed by atoms with van der Waals surface area (Å²) < 4.78 is 15.7. The summed E-state index contributed by atoms with van der Waals surface area (Å²) in [6.45, 7) is 0.402. The van der Waals surface area contributed by atoms with Crippen LogP contribution in [0.4, 0.5) is 5.69 Å². The molecule has 0 aliphatic heterocycles. The van der Waals surface area contributed by atoms with Crippen LogP contribution in [0, 0.1) is 0 Å². The van der Waals surface area contributed by atoms with E-state index in [1.165, 1.54) is 33.5 Å². The summed E-state index contributed by atoms with van der Waals surface area (Å²) in [5.74, 6) is 0.530. The number of ether oxygens (including phenoxy) is 3. The van der Waals surface area contributed by atoms with Gasteiger partial charge in [-0.1, -0.05) is 11.6 Å². The molecule has 0 spiro atoms. The van der Waals surface area contributed by atoms with Crippen molar-refractivity contribution in [2.24, 2.45) is 0 Å². The molecule has 0 amide bonds. The van der Waals surface area contributed by atoms with Crippen LogP contribution in [0.2, 0.25) is 5.02 Å². The van der Waals surface area contributed by atoms with Crippen LogP contribution in [-0.2, 0) is 6.54 Å². The lowest BCUT2D eigenvalue weighted by Gasteiger charge is -2.14. The maximum absolute atomic E-state index is 11.1. The largest absolute Gasteiger partial charge is 0.495 e. The van der Waals surface area contributed by atoms with E-state index in [4.69, 9.17) is 30.9 Å². The molecule has 2 aromatic rings. The number of aromatic carboxylic acids is 1. The number of methoxy groups -OCH3 is 3. The molecular formula is C17H18ClNO5. The summed E-state index contributed by atoms with van der Waals surface area (Å²) in [6.07, 6.45) is 0. The first-order valence-corrected chi connectivity index (χ1v) is 7.43. The van der Waals surface area contributed by atoms with Crippen molar-refractivity contribution >= 4 is 23.3 Å². The minimum absolute atomic E-state index is 0.170. The van der Waals surface area contributed by atoms with Crippen LogP contribution in [0.3, 0.4) is 0 Å². The van der Waals surface area contributed by atoms with Gasteiger partial charge in [-0.15, -0.1) is 0 Å². The molecule has 2 rings (SSSR count).